The summed E-state index contributed by atoms with van der Waals surface area (Å²) in [6.45, 7) is 0. The summed E-state index contributed by atoms with van der Waals surface area (Å²) in [6.07, 6.45) is 5.44. The normalized spacial score (nSPS) is 11.3. The molecule has 0 saturated carbocycles. The lowest BCUT2D eigenvalue weighted by molar-refractivity contribution is 1.27. The second kappa shape index (κ2) is 3.26. The van der Waals surface area contributed by atoms with Crippen LogP contribution in [0.25, 0.3) is 21.9 Å². The summed E-state index contributed by atoms with van der Waals surface area (Å²) in [4.78, 5) is 8.50. The molecule has 5 heteroatoms. The maximum absolute atomic E-state index is 4.38. The summed E-state index contributed by atoms with van der Waals surface area (Å²) in [5.41, 5.74) is 2.02. The molecule has 0 aliphatic heterocycles. The molecule has 0 radical (unpaired) electrons. The van der Waals surface area contributed by atoms with Gasteiger partial charge in [0.15, 0.2) is 0 Å². The molecule has 0 aliphatic rings. The molecule has 15 heavy (non-hydrogen) atoms. The molecule has 3 aromatic rings. The molecular formula is C10H7BrN3P. The van der Waals surface area contributed by atoms with Crippen LogP contribution in [0, 0.1) is 0 Å². The Labute approximate surface area is 96.9 Å². The van der Waals surface area contributed by atoms with Gasteiger partial charge in [-0.15, -0.1) is 0 Å². The smallest absolute Gasteiger partial charge is 0.143 e. The number of nitrogens with zero attached hydrogens (tertiary/aromatic N) is 3. The van der Waals surface area contributed by atoms with Crippen LogP contribution in [0.3, 0.4) is 0 Å². The number of hydrogen-bond acceptors (Lipinski definition) is 2. The van der Waals surface area contributed by atoms with Gasteiger partial charge in [0.05, 0.1) is 11.7 Å². The lowest BCUT2D eigenvalue weighted by atomic mass is 10.2. The van der Waals surface area contributed by atoms with E-state index in [-0.39, 0.29) is 0 Å². The van der Waals surface area contributed by atoms with Gasteiger partial charge >= 0.3 is 0 Å². The summed E-state index contributed by atoms with van der Waals surface area (Å²) in [5, 5.41) is 2.31. The van der Waals surface area contributed by atoms with Crippen molar-refractivity contribution in [2.45, 2.75) is 0 Å². The van der Waals surface area contributed by atoms with Crippen LogP contribution in [0.15, 0.2) is 35.2 Å². The Balaban J connectivity index is 2.64. The van der Waals surface area contributed by atoms with Gasteiger partial charge in [-0.25, -0.2) is 4.98 Å². The number of pyridine rings is 2. The molecule has 3 nitrogen and oxygen atoms in total. The van der Waals surface area contributed by atoms with Gasteiger partial charge in [-0.1, -0.05) is 0 Å². The average molecular weight is 280 g/mol. The van der Waals surface area contributed by atoms with Crippen molar-refractivity contribution in [2.75, 3.05) is 0 Å². The van der Waals surface area contributed by atoms with E-state index in [1.165, 1.54) is 5.39 Å². The van der Waals surface area contributed by atoms with Crippen molar-refractivity contribution in [3.8, 4) is 0 Å². The van der Waals surface area contributed by atoms with Gasteiger partial charge < -0.3 is 4.34 Å². The largest absolute Gasteiger partial charge is 0.308 e. The first-order valence-corrected chi connectivity index (χ1v) is 5.73. The Morgan fingerprint density at radius 1 is 1.27 bits per heavy atom. The Bertz CT molecular complexity index is 662. The molecule has 1 unspecified atom stereocenters. The maximum atomic E-state index is 4.38. The molecule has 0 aliphatic carbocycles. The zero-order chi connectivity index (χ0) is 10.4. The van der Waals surface area contributed by atoms with Crippen LogP contribution in [0.5, 0.6) is 0 Å². The predicted octanol–water partition coefficient (Wildman–Crippen LogP) is 2.99. The van der Waals surface area contributed by atoms with Crippen LogP contribution in [0.4, 0.5) is 0 Å². The third kappa shape index (κ3) is 1.29. The van der Waals surface area contributed by atoms with E-state index in [0.717, 1.165) is 21.0 Å². The monoisotopic (exact) mass is 279 g/mol. The third-order valence-electron chi connectivity index (χ3n) is 2.41. The maximum Gasteiger partial charge on any atom is 0.143 e. The molecule has 0 saturated heterocycles. The van der Waals surface area contributed by atoms with Crippen LogP contribution in [-0.4, -0.2) is 14.3 Å². The Morgan fingerprint density at radius 3 is 3.00 bits per heavy atom. The Morgan fingerprint density at radius 2 is 2.13 bits per heavy atom. The first kappa shape index (κ1) is 9.25. The van der Waals surface area contributed by atoms with E-state index in [2.05, 4.69) is 41.4 Å². The molecule has 3 heterocycles. The SMILES string of the molecule is Pn1c2cnccc2c2cc(Br)cnc21. The van der Waals surface area contributed by atoms with Crippen molar-refractivity contribution in [3.63, 3.8) is 0 Å². The fourth-order valence-electron chi connectivity index (χ4n) is 1.74. The van der Waals surface area contributed by atoms with Gasteiger partial charge in [-0.3, -0.25) is 4.98 Å². The summed E-state index contributed by atoms with van der Waals surface area (Å²) in [6, 6.07) is 4.08. The lowest BCUT2D eigenvalue weighted by Gasteiger charge is -1.95. The van der Waals surface area contributed by atoms with E-state index in [0.29, 0.717) is 0 Å². The third-order valence-corrected chi connectivity index (χ3v) is 3.37. The molecule has 74 valence electrons. The van der Waals surface area contributed by atoms with Crippen LogP contribution in [-0.2, 0) is 0 Å². The van der Waals surface area contributed by atoms with Gasteiger partial charge in [-0.2, -0.15) is 0 Å². The molecular weight excluding hydrogens is 273 g/mol. The second-order valence-electron chi connectivity index (χ2n) is 3.29. The van der Waals surface area contributed by atoms with E-state index in [9.17, 15) is 0 Å². The molecule has 0 bridgehead atoms. The molecule has 1 atom stereocenters. The van der Waals surface area contributed by atoms with E-state index in [1.807, 2.05) is 16.6 Å². The number of rotatable bonds is 0. The summed E-state index contributed by atoms with van der Waals surface area (Å²) >= 11 is 3.43. The number of fused-ring (bicyclic) bond motifs is 3. The molecule has 3 aromatic heterocycles. The van der Waals surface area contributed by atoms with Crippen molar-refractivity contribution < 1.29 is 0 Å². The van der Waals surface area contributed by atoms with Crippen molar-refractivity contribution in [1.29, 1.82) is 0 Å². The van der Waals surface area contributed by atoms with Crippen molar-refractivity contribution in [1.82, 2.24) is 14.3 Å². The lowest BCUT2D eigenvalue weighted by Crippen LogP contribution is -1.81. The zero-order valence-electron chi connectivity index (χ0n) is 7.68. The molecule has 0 spiro atoms. The van der Waals surface area contributed by atoms with Gasteiger partial charge in [0.2, 0.25) is 0 Å². The van der Waals surface area contributed by atoms with E-state index in [4.69, 9.17) is 0 Å². The fraction of sp³-hybridized carbons (Fsp3) is 0. The van der Waals surface area contributed by atoms with Gasteiger partial charge in [0.25, 0.3) is 0 Å². The summed E-state index contributed by atoms with van der Waals surface area (Å²) in [5.74, 6) is 0. The minimum atomic E-state index is 0.950. The predicted molar refractivity (Wildman–Crippen MR) is 67.8 cm³/mol. The van der Waals surface area contributed by atoms with Crippen molar-refractivity contribution >= 4 is 47.3 Å². The van der Waals surface area contributed by atoms with Crippen molar-refractivity contribution in [2.24, 2.45) is 0 Å². The van der Waals surface area contributed by atoms with Crippen LogP contribution in [0.1, 0.15) is 0 Å². The van der Waals surface area contributed by atoms with E-state index in [1.54, 1.807) is 12.4 Å². The Hall–Kier alpha value is -0.990. The molecule has 0 fully saturated rings. The van der Waals surface area contributed by atoms with Gasteiger partial charge in [-0.05, 0) is 37.5 Å². The Kier molecular flexibility index (Phi) is 2.01. The molecule has 0 N–H and O–H groups in total. The highest BCUT2D eigenvalue weighted by molar-refractivity contribution is 9.10. The van der Waals surface area contributed by atoms with Crippen LogP contribution >= 0.6 is 25.3 Å². The summed E-state index contributed by atoms with van der Waals surface area (Å²) < 4.78 is 2.97. The fourth-order valence-corrected chi connectivity index (χ4v) is 2.48. The summed E-state index contributed by atoms with van der Waals surface area (Å²) in [7, 11) is 2.66. The minimum Gasteiger partial charge on any atom is -0.308 e. The standard InChI is InChI=1S/C10H7BrN3P/c11-6-3-8-7-1-2-12-5-9(7)14(15)10(8)13-4-6/h1-5H,15H2. The highest BCUT2D eigenvalue weighted by Crippen LogP contribution is 2.30. The van der Waals surface area contributed by atoms with Gasteiger partial charge in [0, 0.05) is 27.6 Å². The quantitative estimate of drug-likeness (QED) is 0.593. The topological polar surface area (TPSA) is 30.7 Å². The number of aromatic nitrogens is 3. The van der Waals surface area contributed by atoms with E-state index < -0.39 is 0 Å². The average Bonchev–Trinajstić information content (AvgIpc) is 2.54. The molecule has 3 rings (SSSR count). The van der Waals surface area contributed by atoms with Crippen LogP contribution in [0.2, 0.25) is 0 Å². The number of hydrogen-bond donors (Lipinski definition) is 0. The highest BCUT2D eigenvalue weighted by Gasteiger charge is 2.08. The second-order valence-corrected chi connectivity index (χ2v) is 4.72. The van der Waals surface area contributed by atoms with Gasteiger partial charge in [0.1, 0.15) is 5.65 Å². The minimum absolute atomic E-state index is 0.950. The molecule has 0 aromatic carbocycles. The van der Waals surface area contributed by atoms with E-state index >= 15 is 0 Å². The first-order valence-electron chi connectivity index (χ1n) is 4.42. The highest BCUT2D eigenvalue weighted by atomic mass is 79.9. The zero-order valence-corrected chi connectivity index (χ0v) is 10.4. The molecule has 0 amide bonds. The van der Waals surface area contributed by atoms with Crippen LogP contribution < -0.4 is 0 Å². The first-order chi connectivity index (χ1) is 7.27. The van der Waals surface area contributed by atoms with Crippen molar-refractivity contribution in [3.05, 3.63) is 35.2 Å². The number of halogens is 1.